The highest BCUT2D eigenvalue weighted by Gasteiger charge is 2.22. The molecule has 1 saturated heterocycles. The third-order valence-corrected chi connectivity index (χ3v) is 7.05. The first kappa shape index (κ1) is 21.7. The van der Waals surface area contributed by atoms with Crippen molar-refractivity contribution in [2.24, 2.45) is 0 Å². The number of aromatic nitrogens is 3. The van der Waals surface area contributed by atoms with Gasteiger partial charge in [0.15, 0.2) is 5.16 Å². The number of ether oxygens (including phenoxy) is 1. The van der Waals surface area contributed by atoms with Crippen molar-refractivity contribution in [2.75, 3.05) is 31.2 Å². The highest BCUT2D eigenvalue weighted by atomic mass is 32.2. The number of aryl methyl sites for hydroxylation is 3. The molecule has 8 heteroatoms. The number of thioether (sulfide) groups is 1. The fourth-order valence-electron chi connectivity index (χ4n) is 4.03. The van der Waals surface area contributed by atoms with Crippen molar-refractivity contribution < 1.29 is 9.15 Å². The van der Waals surface area contributed by atoms with Gasteiger partial charge < -0.3 is 14.1 Å². The van der Waals surface area contributed by atoms with Gasteiger partial charge >= 0.3 is 5.63 Å². The third-order valence-electron chi connectivity index (χ3n) is 6.08. The topological polar surface area (TPSA) is 73.4 Å². The molecule has 0 radical (unpaired) electrons. The number of hydrogen-bond donors (Lipinski definition) is 0. The molecule has 0 bridgehead atoms. The van der Waals surface area contributed by atoms with Crippen molar-refractivity contribution in [3.8, 4) is 5.69 Å². The molecule has 3 heterocycles. The van der Waals surface area contributed by atoms with Gasteiger partial charge in [-0.2, -0.15) is 0 Å². The molecule has 1 fully saturated rings. The minimum atomic E-state index is -0.333. The van der Waals surface area contributed by atoms with E-state index in [0.29, 0.717) is 24.5 Å². The Bertz CT molecular complexity index is 1350. The number of benzene rings is 2. The summed E-state index contributed by atoms with van der Waals surface area (Å²) in [5, 5.41) is 10.8. The molecule has 33 heavy (non-hydrogen) atoms. The van der Waals surface area contributed by atoms with Crippen LogP contribution in [0.15, 0.2) is 56.8 Å². The van der Waals surface area contributed by atoms with E-state index in [1.54, 1.807) is 17.8 Å². The van der Waals surface area contributed by atoms with E-state index in [0.717, 1.165) is 52.0 Å². The smallest absolute Gasteiger partial charge is 0.336 e. The Morgan fingerprint density at radius 2 is 1.76 bits per heavy atom. The normalized spacial score (nSPS) is 14.2. The fourth-order valence-corrected chi connectivity index (χ4v) is 4.97. The predicted octanol–water partition coefficient (Wildman–Crippen LogP) is 4.43. The van der Waals surface area contributed by atoms with E-state index >= 15 is 0 Å². The average molecular weight is 463 g/mol. The maximum absolute atomic E-state index is 12.3. The Balaban J connectivity index is 1.53. The summed E-state index contributed by atoms with van der Waals surface area (Å²) in [5.41, 5.74) is 5.56. The van der Waals surface area contributed by atoms with Crippen LogP contribution in [0.1, 0.15) is 22.3 Å². The Morgan fingerprint density at radius 3 is 2.52 bits per heavy atom. The zero-order chi connectivity index (χ0) is 22.9. The molecular weight excluding hydrogens is 436 g/mol. The first-order valence-electron chi connectivity index (χ1n) is 11.0. The zero-order valence-corrected chi connectivity index (χ0v) is 19.8. The largest absolute Gasteiger partial charge is 0.422 e. The molecule has 5 rings (SSSR count). The van der Waals surface area contributed by atoms with E-state index in [4.69, 9.17) is 9.15 Å². The molecule has 2 aromatic carbocycles. The number of anilines is 1. The molecule has 1 aliphatic rings. The van der Waals surface area contributed by atoms with Crippen molar-refractivity contribution in [3.05, 3.63) is 75.1 Å². The van der Waals surface area contributed by atoms with Gasteiger partial charge in [-0.25, -0.2) is 4.79 Å². The second kappa shape index (κ2) is 9.03. The zero-order valence-electron chi connectivity index (χ0n) is 19.0. The fraction of sp³-hybridized carbons (Fsp3) is 0.320. The standard InChI is InChI=1S/C25H26N4O3S/c1-16-4-7-20(8-5-16)29-24(28-10-12-31-13-11-28)26-27-25(29)33-15-19-14-22(30)32-23-18(3)17(2)6-9-21(19)23/h4-9,14H,10-13,15H2,1-3H3. The summed E-state index contributed by atoms with van der Waals surface area (Å²) in [6, 6.07) is 14.0. The van der Waals surface area contributed by atoms with Crippen LogP contribution in [0.2, 0.25) is 0 Å². The lowest BCUT2D eigenvalue weighted by Gasteiger charge is -2.28. The number of fused-ring (bicyclic) bond motifs is 1. The average Bonchev–Trinajstić information content (AvgIpc) is 3.25. The summed E-state index contributed by atoms with van der Waals surface area (Å²) in [4.78, 5) is 14.5. The van der Waals surface area contributed by atoms with E-state index in [-0.39, 0.29) is 5.63 Å². The van der Waals surface area contributed by atoms with Gasteiger partial charge in [0.2, 0.25) is 5.95 Å². The maximum Gasteiger partial charge on any atom is 0.336 e. The van der Waals surface area contributed by atoms with Crippen molar-refractivity contribution >= 4 is 28.7 Å². The van der Waals surface area contributed by atoms with Gasteiger partial charge in [0.1, 0.15) is 5.58 Å². The summed E-state index contributed by atoms with van der Waals surface area (Å²) in [6.07, 6.45) is 0. The van der Waals surface area contributed by atoms with Crippen LogP contribution in [0.4, 0.5) is 5.95 Å². The van der Waals surface area contributed by atoms with E-state index in [2.05, 4.69) is 56.9 Å². The Labute approximate surface area is 196 Å². The molecule has 0 unspecified atom stereocenters. The van der Waals surface area contributed by atoms with Crippen LogP contribution in [0.5, 0.6) is 0 Å². The summed E-state index contributed by atoms with van der Waals surface area (Å²) in [5.74, 6) is 1.39. The van der Waals surface area contributed by atoms with Crippen LogP contribution in [0.3, 0.4) is 0 Å². The van der Waals surface area contributed by atoms with Crippen molar-refractivity contribution in [3.63, 3.8) is 0 Å². The van der Waals surface area contributed by atoms with Crippen LogP contribution in [0.25, 0.3) is 16.7 Å². The molecule has 0 spiro atoms. The SMILES string of the molecule is Cc1ccc(-n2c(SCc3cc(=O)oc4c(C)c(C)ccc34)nnc2N2CCOCC2)cc1. The minimum absolute atomic E-state index is 0.333. The molecule has 0 amide bonds. The van der Waals surface area contributed by atoms with Gasteiger partial charge in [0.25, 0.3) is 0 Å². The highest BCUT2D eigenvalue weighted by Crippen LogP contribution is 2.32. The van der Waals surface area contributed by atoms with Crippen molar-refractivity contribution in [1.29, 1.82) is 0 Å². The Kier molecular flexibility index (Phi) is 5.95. The monoisotopic (exact) mass is 462 g/mol. The van der Waals surface area contributed by atoms with Crippen molar-refractivity contribution in [1.82, 2.24) is 14.8 Å². The summed E-state index contributed by atoms with van der Waals surface area (Å²) in [7, 11) is 0. The molecule has 0 saturated carbocycles. The summed E-state index contributed by atoms with van der Waals surface area (Å²) in [6.45, 7) is 8.98. The molecule has 0 atom stereocenters. The minimum Gasteiger partial charge on any atom is -0.422 e. The van der Waals surface area contributed by atoms with Crippen LogP contribution in [-0.2, 0) is 10.5 Å². The first-order valence-corrected chi connectivity index (χ1v) is 12.0. The molecule has 4 aromatic rings. The van der Waals surface area contributed by atoms with Gasteiger partial charge in [-0.1, -0.05) is 41.6 Å². The maximum atomic E-state index is 12.3. The van der Waals surface area contributed by atoms with E-state index in [1.807, 2.05) is 19.9 Å². The van der Waals surface area contributed by atoms with E-state index in [1.165, 1.54) is 5.56 Å². The third kappa shape index (κ3) is 4.28. The summed E-state index contributed by atoms with van der Waals surface area (Å²) >= 11 is 1.57. The van der Waals surface area contributed by atoms with Gasteiger partial charge in [0.05, 0.1) is 18.9 Å². The number of hydrogen-bond acceptors (Lipinski definition) is 7. The lowest BCUT2D eigenvalue weighted by molar-refractivity contribution is 0.122. The van der Waals surface area contributed by atoms with Crippen molar-refractivity contribution in [2.45, 2.75) is 31.7 Å². The number of rotatable bonds is 5. The second-order valence-electron chi connectivity index (χ2n) is 8.32. The molecule has 7 nitrogen and oxygen atoms in total. The predicted molar refractivity (Wildman–Crippen MR) is 131 cm³/mol. The van der Waals surface area contributed by atoms with Crippen LogP contribution in [-0.4, -0.2) is 41.1 Å². The Morgan fingerprint density at radius 1 is 1.00 bits per heavy atom. The number of nitrogens with zero attached hydrogens (tertiary/aromatic N) is 4. The Hall–Kier alpha value is -3.10. The summed E-state index contributed by atoms with van der Waals surface area (Å²) < 4.78 is 13.2. The quantitative estimate of drug-likeness (QED) is 0.321. The highest BCUT2D eigenvalue weighted by molar-refractivity contribution is 7.98. The van der Waals surface area contributed by atoms with Gasteiger partial charge in [0, 0.05) is 30.3 Å². The van der Waals surface area contributed by atoms with Gasteiger partial charge in [-0.3, -0.25) is 4.57 Å². The van der Waals surface area contributed by atoms with Gasteiger partial charge in [-0.05, 0) is 49.6 Å². The lowest BCUT2D eigenvalue weighted by Crippen LogP contribution is -2.37. The van der Waals surface area contributed by atoms with Gasteiger partial charge in [-0.15, -0.1) is 10.2 Å². The second-order valence-corrected chi connectivity index (χ2v) is 9.26. The van der Waals surface area contributed by atoms with Crippen LogP contribution < -0.4 is 10.5 Å². The van der Waals surface area contributed by atoms with Crippen LogP contribution >= 0.6 is 11.8 Å². The molecule has 0 aliphatic carbocycles. The molecule has 1 aliphatic heterocycles. The molecule has 2 aromatic heterocycles. The number of morpholine rings is 1. The molecule has 170 valence electrons. The molecule has 0 N–H and O–H groups in total. The van der Waals surface area contributed by atoms with E-state index in [9.17, 15) is 4.79 Å². The molecular formula is C25H26N4O3S. The first-order chi connectivity index (χ1) is 16.0. The lowest BCUT2D eigenvalue weighted by atomic mass is 10.0. The van der Waals surface area contributed by atoms with E-state index < -0.39 is 0 Å². The van der Waals surface area contributed by atoms with Crippen LogP contribution in [0, 0.1) is 20.8 Å².